The maximum Gasteiger partial charge on any atom is 0.330 e. The molecule has 0 aliphatic heterocycles. The number of aromatic nitrogens is 2. The van der Waals surface area contributed by atoms with Gasteiger partial charge in [-0.1, -0.05) is 44.2 Å². The van der Waals surface area contributed by atoms with E-state index in [1.165, 1.54) is 17.4 Å². The molecule has 3 rings (SSSR count). The molecule has 0 saturated heterocycles. The first kappa shape index (κ1) is 23.7. The predicted molar refractivity (Wildman–Crippen MR) is 127 cm³/mol. The summed E-state index contributed by atoms with van der Waals surface area (Å²) in [6.45, 7) is 8.32. The number of oxazole rings is 1. The Labute approximate surface area is 195 Å². The van der Waals surface area contributed by atoms with E-state index in [0.29, 0.717) is 28.9 Å². The molecule has 0 aliphatic carbocycles. The topological polar surface area (TPSA) is 94.3 Å². The molecule has 0 atom stereocenters. The third kappa shape index (κ3) is 6.80. The maximum atomic E-state index is 12.5. The third-order valence-electron chi connectivity index (χ3n) is 4.21. The normalized spacial score (nSPS) is 11.6. The first-order valence-electron chi connectivity index (χ1n) is 10.0. The van der Waals surface area contributed by atoms with Crippen LogP contribution < -0.4 is 5.32 Å². The van der Waals surface area contributed by atoms with Gasteiger partial charge >= 0.3 is 5.97 Å². The Balaban J connectivity index is 1.53. The van der Waals surface area contributed by atoms with Gasteiger partial charge in [-0.25, -0.2) is 14.8 Å². The van der Waals surface area contributed by atoms with E-state index >= 15 is 0 Å². The van der Waals surface area contributed by atoms with Crippen molar-refractivity contribution >= 4 is 46.2 Å². The molecule has 2 aromatic heterocycles. The lowest BCUT2D eigenvalue weighted by atomic mass is 9.94. The standard InChI is InChI=1S/C23H25N3O4S2/c1-5-29-19(27)11-8-15-6-9-16(10-7-15)21(28)26-22-25-13-20(32-22)31-14-18-24-12-17(30-18)23(2,3)4/h6-13H,5,14H2,1-4H3,(H,25,26,28)/b11-8+. The number of carbonyl (C=O) groups excluding carboxylic acids is 2. The molecule has 0 saturated carbocycles. The number of ether oxygens (including phenoxy) is 1. The van der Waals surface area contributed by atoms with Crippen molar-refractivity contribution in [3.8, 4) is 0 Å². The number of thioether (sulfide) groups is 1. The lowest BCUT2D eigenvalue weighted by Gasteiger charge is -2.12. The smallest absolute Gasteiger partial charge is 0.330 e. The Morgan fingerprint density at radius 3 is 2.59 bits per heavy atom. The van der Waals surface area contributed by atoms with Crippen molar-refractivity contribution in [1.29, 1.82) is 0 Å². The fraction of sp³-hybridized carbons (Fsp3) is 0.304. The van der Waals surface area contributed by atoms with Crippen LogP contribution in [-0.2, 0) is 20.7 Å². The van der Waals surface area contributed by atoms with Crippen LogP contribution in [-0.4, -0.2) is 28.5 Å². The molecular weight excluding hydrogens is 446 g/mol. The van der Waals surface area contributed by atoms with E-state index in [1.54, 1.807) is 61.4 Å². The van der Waals surface area contributed by atoms with Gasteiger partial charge in [0.25, 0.3) is 5.91 Å². The molecule has 168 valence electrons. The SMILES string of the molecule is CCOC(=O)/C=C/c1ccc(C(=O)Nc2ncc(SCc3ncc(C(C)(C)C)o3)s2)cc1. The second kappa shape index (κ2) is 10.6. The van der Waals surface area contributed by atoms with Gasteiger partial charge in [0.2, 0.25) is 5.89 Å². The zero-order chi connectivity index (χ0) is 23.1. The molecule has 2 heterocycles. The molecule has 0 aliphatic rings. The quantitative estimate of drug-likeness (QED) is 0.261. The number of amides is 1. The first-order valence-corrected chi connectivity index (χ1v) is 11.8. The second-order valence-corrected chi connectivity index (χ2v) is 10.1. The molecule has 1 aromatic carbocycles. The number of thiazole rings is 1. The minimum atomic E-state index is -0.399. The summed E-state index contributed by atoms with van der Waals surface area (Å²) in [6.07, 6.45) is 6.49. The van der Waals surface area contributed by atoms with Crippen LogP contribution in [0.1, 0.15) is 55.3 Å². The highest BCUT2D eigenvalue weighted by molar-refractivity contribution is 8.00. The van der Waals surface area contributed by atoms with Crippen molar-refractivity contribution in [3.05, 3.63) is 65.5 Å². The molecule has 0 unspecified atom stereocenters. The molecule has 1 N–H and O–H groups in total. The first-order chi connectivity index (χ1) is 15.2. The number of carbonyl (C=O) groups is 2. The molecule has 7 nitrogen and oxygen atoms in total. The predicted octanol–water partition coefficient (Wildman–Crippen LogP) is 5.55. The van der Waals surface area contributed by atoms with Gasteiger partial charge in [-0.3, -0.25) is 10.1 Å². The van der Waals surface area contributed by atoms with E-state index in [-0.39, 0.29) is 11.3 Å². The summed E-state index contributed by atoms with van der Waals surface area (Å²) < 4.78 is 11.6. The minimum Gasteiger partial charge on any atom is -0.463 e. The average molecular weight is 472 g/mol. The van der Waals surface area contributed by atoms with Gasteiger partial charge in [0.05, 0.1) is 29.0 Å². The van der Waals surface area contributed by atoms with Crippen LogP contribution in [0.3, 0.4) is 0 Å². The minimum absolute atomic E-state index is 0.0762. The van der Waals surface area contributed by atoms with Gasteiger partial charge in [0.1, 0.15) is 5.76 Å². The van der Waals surface area contributed by atoms with Gasteiger partial charge in [0.15, 0.2) is 5.13 Å². The van der Waals surface area contributed by atoms with E-state index in [9.17, 15) is 9.59 Å². The van der Waals surface area contributed by atoms with Crippen LogP contribution in [0.2, 0.25) is 0 Å². The highest BCUT2D eigenvalue weighted by Crippen LogP contribution is 2.32. The zero-order valence-electron chi connectivity index (χ0n) is 18.4. The zero-order valence-corrected chi connectivity index (χ0v) is 20.0. The summed E-state index contributed by atoms with van der Waals surface area (Å²) in [5, 5.41) is 3.33. The lowest BCUT2D eigenvalue weighted by molar-refractivity contribution is -0.137. The maximum absolute atomic E-state index is 12.5. The van der Waals surface area contributed by atoms with E-state index in [0.717, 1.165) is 15.5 Å². The fourth-order valence-corrected chi connectivity index (χ4v) is 4.23. The van der Waals surface area contributed by atoms with Gasteiger partial charge in [-0.15, -0.1) is 11.8 Å². The molecule has 0 fully saturated rings. The van der Waals surface area contributed by atoms with Crippen LogP contribution in [0.25, 0.3) is 6.08 Å². The van der Waals surface area contributed by atoms with Gasteiger partial charge in [-0.05, 0) is 30.7 Å². The summed E-state index contributed by atoms with van der Waals surface area (Å²) in [5.74, 6) is 1.46. The number of esters is 1. The Morgan fingerprint density at radius 2 is 1.94 bits per heavy atom. The van der Waals surface area contributed by atoms with E-state index in [2.05, 4.69) is 36.1 Å². The van der Waals surface area contributed by atoms with Crippen LogP contribution >= 0.6 is 23.1 Å². The van der Waals surface area contributed by atoms with E-state index in [1.807, 2.05) is 0 Å². The average Bonchev–Trinajstić information content (AvgIpc) is 3.40. The summed E-state index contributed by atoms with van der Waals surface area (Å²) in [4.78, 5) is 32.5. The molecule has 0 spiro atoms. The van der Waals surface area contributed by atoms with Crippen molar-refractivity contribution in [3.63, 3.8) is 0 Å². The Bertz CT molecular complexity index is 1100. The second-order valence-electron chi connectivity index (χ2n) is 7.80. The number of nitrogens with zero attached hydrogens (tertiary/aromatic N) is 2. The third-order valence-corrected chi connectivity index (χ3v) is 6.30. The molecule has 3 aromatic rings. The molecule has 1 amide bonds. The van der Waals surface area contributed by atoms with Gasteiger partial charge in [-0.2, -0.15) is 0 Å². The Kier molecular flexibility index (Phi) is 7.87. The Morgan fingerprint density at radius 1 is 1.19 bits per heavy atom. The van der Waals surface area contributed by atoms with Crippen molar-refractivity contribution in [2.24, 2.45) is 0 Å². The number of benzene rings is 1. The van der Waals surface area contributed by atoms with Crippen LogP contribution in [0, 0.1) is 0 Å². The summed E-state index contributed by atoms with van der Waals surface area (Å²) in [6, 6.07) is 6.91. The van der Waals surface area contributed by atoms with Crippen LogP contribution in [0.5, 0.6) is 0 Å². The van der Waals surface area contributed by atoms with Crippen LogP contribution in [0.4, 0.5) is 5.13 Å². The lowest BCUT2D eigenvalue weighted by Crippen LogP contribution is -2.11. The summed E-state index contributed by atoms with van der Waals surface area (Å²) in [5.41, 5.74) is 1.22. The van der Waals surface area contributed by atoms with E-state index < -0.39 is 5.97 Å². The molecule has 9 heteroatoms. The van der Waals surface area contributed by atoms with Crippen molar-refractivity contribution in [1.82, 2.24) is 9.97 Å². The number of hydrogen-bond acceptors (Lipinski definition) is 8. The number of hydrogen-bond donors (Lipinski definition) is 1. The largest absolute Gasteiger partial charge is 0.463 e. The highest BCUT2D eigenvalue weighted by atomic mass is 32.2. The molecule has 0 radical (unpaired) electrons. The molecular formula is C23H25N3O4S2. The molecule has 32 heavy (non-hydrogen) atoms. The van der Waals surface area contributed by atoms with Crippen molar-refractivity contribution < 1.29 is 18.7 Å². The van der Waals surface area contributed by atoms with E-state index in [4.69, 9.17) is 9.15 Å². The highest BCUT2D eigenvalue weighted by Gasteiger charge is 2.19. The Hall–Kier alpha value is -2.91. The van der Waals surface area contributed by atoms with Crippen molar-refractivity contribution in [2.75, 3.05) is 11.9 Å². The van der Waals surface area contributed by atoms with Gasteiger partial charge in [0, 0.05) is 17.1 Å². The monoisotopic (exact) mass is 471 g/mol. The van der Waals surface area contributed by atoms with Crippen molar-refractivity contribution in [2.45, 2.75) is 43.1 Å². The van der Waals surface area contributed by atoms with Gasteiger partial charge < -0.3 is 9.15 Å². The summed E-state index contributed by atoms with van der Waals surface area (Å²) >= 11 is 2.95. The molecule has 0 bridgehead atoms. The number of rotatable bonds is 8. The summed E-state index contributed by atoms with van der Waals surface area (Å²) in [7, 11) is 0. The van der Waals surface area contributed by atoms with Crippen LogP contribution in [0.15, 0.2) is 51.4 Å². The fourth-order valence-electron chi connectivity index (χ4n) is 2.51. The number of anilines is 1. The number of nitrogens with one attached hydrogen (secondary N) is 1.